The molecule has 2 aliphatic heterocycles. The van der Waals surface area contributed by atoms with Crippen molar-refractivity contribution in [3.63, 3.8) is 0 Å². The quantitative estimate of drug-likeness (QED) is 0.346. The molecule has 12 nitrogen and oxygen atoms in total. The van der Waals surface area contributed by atoms with Gasteiger partial charge in [0, 0.05) is 50.9 Å². The monoisotopic (exact) mass is 621 g/mol. The first-order valence-corrected chi connectivity index (χ1v) is 16.0. The Hall–Kier alpha value is -3.77. The molecule has 0 spiro atoms. The highest BCUT2D eigenvalue weighted by molar-refractivity contribution is 6.00. The van der Waals surface area contributed by atoms with Crippen molar-refractivity contribution in [3.8, 4) is 0 Å². The minimum Gasteiger partial charge on any atom is -0.444 e. The van der Waals surface area contributed by atoms with Gasteiger partial charge in [-0.05, 0) is 58.2 Å². The van der Waals surface area contributed by atoms with Crippen LogP contribution in [0, 0.1) is 18.8 Å². The average molecular weight is 622 g/mol. The van der Waals surface area contributed by atoms with E-state index in [2.05, 4.69) is 15.5 Å². The number of aromatic nitrogens is 4. The minimum absolute atomic E-state index is 0.00109. The maximum absolute atomic E-state index is 14.4. The number of carbonyl (C=O) groups excluding carboxylic acids is 3. The summed E-state index contributed by atoms with van der Waals surface area (Å²) in [6, 6.07) is 8.88. The van der Waals surface area contributed by atoms with Crippen LogP contribution in [-0.2, 0) is 27.2 Å². The number of piperidine rings is 1. The van der Waals surface area contributed by atoms with Crippen molar-refractivity contribution in [3.05, 3.63) is 47.5 Å². The normalized spacial score (nSPS) is 20.1. The molecule has 244 valence electrons. The molecule has 12 heteroatoms. The van der Waals surface area contributed by atoms with Crippen LogP contribution >= 0.6 is 0 Å². The number of Topliss-reactive ketones (excluding diaryl/α,β-unsaturated/α-hetero) is 1. The third kappa shape index (κ3) is 7.91. The largest absolute Gasteiger partial charge is 0.444 e. The maximum Gasteiger partial charge on any atom is 0.410 e. The number of rotatable bonds is 9. The number of nitrogens with zero attached hydrogens (tertiary/aromatic N) is 5. The first-order chi connectivity index (χ1) is 21.4. The number of para-hydroxylation sites is 2. The molecular formula is C33H47N7O5. The Morgan fingerprint density at radius 2 is 1.84 bits per heavy atom. The number of hydrogen-bond donors (Lipinski definition) is 2. The summed E-state index contributed by atoms with van der Waals surface area (Å²) in [4.78, 5) is 49.5. The van der Waals surface area contributed by atoms with Crippen molar-refractivity contribution in [1.82, 2.24) is 34.9 Å². The van der Waals surface area contributed by atoms with Crippen molar-refractivity contribution in [1.29, 1.82) is 0 Å². The molecule has 3 aromatic rings. The van der Waals surface area contributed by atoms with Crippen molar-refractivity contribution in [2.75, 3.05) is 39.4 Å². The zero-order valence-corrected chi connectivity index (χ0v) is 27.3. The smallest absolute Gasteiger partial charge is 0.410 e. The molecule has 45 heavy (non-hydrogen) atoms. The lowest BCUT2D eigenvalue weighted by molar-refractivity contribution is -0.141. The van der Waals surface area contributed by atoms with Gasteiger partial charge in [0.1, 0.15) is 5.60 Å². The fourth-order valence-corrected chi connectivity index (χ4v) is 6.20. The van der Waals surface area contributed by atoms with E-state index in [0.717, 1.165) is 22.4 Å². The number of ether oxygens (including phenoxy) is 2. The van der Waals surface area contributed by atoms with Gasteiger partial charge >= 0.3 is 6.09 Å². The Morgan fingerprint density at radius 1 is 1.11 bits per heavy atom. The Kier molecular flexibility index (Phi) is 9.93. The Balaban J connectivity index is 1.40. The van der Waals surface area contributed by atoms with Crippen LogP contribution in [-0.4, -0.2) is 104 Å². The summed E-state index contributed by atoms with van der Waals surface area (Å²) >= 11 is 0. The van der Waals surface area contributed by atoms with Crippen LogP contribution in [0.4, 0.5) is 4.79 Å². The SMILES string of the molecule is Cc1cc(CCn2c(C(=O)C(N[C@H]3C[C@@H](C(=O)N4CCOCC4)CN(C(=O)OC(C)(C)C)C3)C(C)C)nc3ccccc32)n[nH]1. The van der Waals surface area contributed by atoms with E-state index in [1.807, 2.05) is 81.3 Å². The van der Waals surface area contributed by atoms with Gasteiger partial charge in [0.05, 0.1) is 41.9 Å². The number of likely N-dealkylation sites (tertiary alicyclic amines) is 1. The van der Waals surface area contributed by atoms with E-state index in [1.165, 1.54) is 0 Å². The lowest BCUT2D eigenvalue weighted by Crippen LogP contribution is -2.59. The number of benzene rings is 1. The first-order valence-electron chi connectivity index (χ1n) is 16.0. The number of H-pyrrole nitrogens is 1. The summed E-state index contributed by atoms with van der Waals surface area (Å²) in [6.07, 6.45) is 0.682. The number of ketones is 1. The third-order valence-corrected chi connectivity index (χ3v) is 8.36. The van der Waals surface area contributed by atoms with Crippen LogP contribution in [0.25, 0.3) is 11.0 Å². The molecule has 2 aromatic heterocycles. The number of carbonyl (C=O) groups is 3. The molecule has 5 rings (SSSR count). The second-order valence-electron chi connectivity index (χ2n) is 13.6. The highest BCUT2D eigenvalue weighted by Crippen LogP contribution is 2.25. The van der Waals surface area contributed by atoms with Crippen LogP contribution in [0.2, 0.25) is 0 Å². The van der Waals surface area contributed by atoms with Gasteiger partial charge < -0.3 is 29.2 Å². The van der Waals surface area contributed by atoms with Crippen LogP contribution < -0.4 is 5.32 Å². The second kappa shape index (κ2) is 13.7. The van der Waals surface area contributed by atoms with Crippen molar-refractivity contribution >= 4 is 28.8 Å². The summed E-state index contributed by atoms with van der Waals surface area (Å²) in [5.41, 5.74) is 2.87. The molecule has 2 saturated heterocycles. The molecule has 0 aliphatic carbocycles. The molecule has 2 fully saturated rings. The predicted octanol–water partition coefficient (Wildman–Crippen LogP) is 3.59. The molecule has 1 aromatic carbocycles. The van der Waals surface area contributed by atoms with E-state index in [9.17, 15) is 14.4 Å². The van der Waals surface area contributed by atoms with Crippen LogP contribution in [0.3, 0.4) is 0 Å². The van der Waals surface area contributed by atoms with Crippen LogP contribution in [0.15, 0.2) is 30.3 Å². The second-order valence-corrected chi connectivity index (χ2v) is 13.6. The van der Waals surface area contributed by atoms with Gasteiger partial charge in [-0.25, -0.2) is 9.78 Å². The highest BCUT2D eigenvalue weighted by atomic mass is 16.6. The van der Waals surface area contributed by atoms with E-state index < -0.39 is 23.7 Å². The molecule has 2 N–H and O–H groups in total. The fourth-order valence-electron chi connectivity index (χ4n) is 6.20. The van der Waals surface area contributed by atoms with Gasteiger partial charge in [-0.3, -0.25) is 14.7 Å². The maximum atomic E-state index is 14.4. The lowest BCUT2D eigenvalue weighted by Gasteiger charge is -2.41. The number of nitrogens with one attached hydrogen (secondary N) is 2. The van der Waals surface area contributed by atoms with Gasteiger partial charge in [-0.2, -0.15) is 5.10 Å². The van der Waals surface area contributed by atoms with E-state index >= 15 is 0 Å². The summed E-state index contributed by atoms with van der Waals surface area (Å²) < 4.78 is 13.1. The number of imidazole rings is 1. The molecule has 1 unspecified atom stereocenters. The molecule has 3 atom stereocenters. The summed E-state index contributed by atoms with van der Waals surface area (Å²) in [7, 11) is 0. The number of amides is 2. The molecule has 2 aliphatic rings. The topological polar surface area (TPSA) is 135 Å². The molecule has 2 amide bonds. The van der Waals surface area contributed by atoms with Gasteiger partial charge in [-0.15, -0.1) is 0 Å². The predicted molar refractivity (Wildman–Crippen MR) is 170 cm³/mol. The van der Waals surface area contributed by atoms with Gasteiger partial charge in [0.25, 0.3) is 0 Å². The van der Waals surface area contributed by atoms with E-state index in [0.29, 0.717) is 58.1 Å². The van der Waals surface area contributed by atoms with Crippen molar-refractivity contribution in [2.24, 2.45) is 11.8 Å². The van der Waals surface area contributed by atoms with Crippen LogP contribution in [0.1, 0.15) is 63.0 Å². The number of hydrogen-bond acceptors (Lipinski definition) is 8. The van der Waals surface area contributed by atoms with E-state index in [1.54, 1.807) is 4.90 Å². The average Bonchev–Trinajstić information content (AvgIpc) is 3.60. The Bertz CT molecular complexity index is 1500. The highest BCUT2D eigenvalue weighted by Gasteiger charge is 2.40. The Labute approximate surface area is 264 Å². The Morgan fingerprint density at radius 3 is 2.51 bits per heavy atom. The van der Waals surface area contributed by atoms with Gasteiger partial charge in [0.2, 0.25) is 11.7 Å². The van der Waals surface area contributed by atoms with Crippen molar-refractivity contribution < 1.29 is 23.9 Å². The molecule has 0 saturated carbocycles. The van der Waals surface area contributed by atoms with Gasteiger partial charge in [0.15, 0.2) is 5.82 Å². The molecular weight excluding hydrogens is 574 g/mol. The molecule has 4 heterocycles. The standard InChI is InChI=1S/C33H47N7O5/c1-21(2)28(29(41)30-35-26-9-7-8-10-27(26)40(30)12-11-24-17-22(3)36-37-24)34-25-18-23(31(42)38-13-15-44-16-14-38)19-39(20-25)32(43)45-33(4,5)6/h7-10,17,21,23,25,28,34H,11-16,18-20H2,1-6H3,(H,36,37)/t23-,25+,28?/m1/s1. The van der Waals surface area contributed by atoms with E-state index in [4.69, 9.17) is 14.5 Å². The number of morpholine rings is 1. The van der Waals surface area contributed by atoms with Crippen molar-refractivity contribution in [2.45, 2.75) is 78.6 Å². The lowest BCUT2D eigenvalue weighted by atomic mass is 9.90. The van der Waals surface area contributed by atoms with E-state index in [-0.39, 0.29) is 30.2 Å². The number of aryl methyl sites for hydroxylation is 3. The van der Waals surface area contributed by atoms with Crippen LogP contribution in [0.5, 0.6) is 0 Å². The van der Waals surface area contributed by atoms with Gasteiger partial charge in [-0.1, -0.05) is 26.0 Å². The molecule has 0 bridgehead atoms. The zero-order chi connectivity index (χ0) is 32.3. The fraction of sp³-hybridized carbons (Fsp3) is 0.606. The first kappa shape index (κ1) is 32.6. The summed E-state index contributed by atoms with van der Waals surface area (Å²) in [5, 5.41) is 10.9. The zero-order valence-electron chi connectivity index (χ0n) is 27.3. The molecule has 0 radical (unpaired) electrons. The number of aromatic amines is 1. The third-order valence-electron chi connectivity index (χ3n) is 8.36. The summed E-state index contributed by atoms with van der Waals surface area (Å²) in [5.74, 6) is -0.238. The number of fused-ring (bicyclic) bond motifs is 1. The minimum atomic E-state index is -0.675. The summed E-state index contributed by atoms with van der Waals surface area (Å²) in [6.45, 7) is 14.6.